The highest BCUT2D eigenvalue weighted by molar-refractivity contribution is 5.84. The molecular formula is C15H20NO4+. The van der Waals surface area contributed by atoms with E-state index in [1.165, 1.54) is 0 Å². The third-order valence-electron chi connectivity index (χ3n) is 4.34. The molecule has 1 amide bonds. The Balaban J connectivity index is 2.45. The van der Waals surface area contributed by atoms with Crippen molar-refractivity contribution in [2.24, 2.45) is 0 Å². The van der Waals surface area contributed by atoms with Crippen molar-refractivity contribution in [1.82, 2.24) is 0 Å². The van der Waals surface area contributed by atoms with Crippen LogP contribution in [0.3, 0.4) is 0 Å². The van der Waals surface area contributed by atoms with Crippen LogP contribution in [0.15, 0.2) is 30.3 Å². The molecule has 2 rings (SSSR count). The number of benzene rings is 1. The minimum atomic E-state index is -1.27. The van der Waals surface area contributed by atoms with Crippen molar-refractivity contribution in [1.29, 1.82) is 0 Å². The summed E-state index contributed by atoms with van der Waals surface area (Å²) in [5, 5.41) is 19.2. The molecule has 0 spiro atoms. The molecule has 1 unspecified atom stereocenters. The molecule has 5 nitrogen and oxygen atoms in total. The Morgan fingerprint density at radius 2 is 1.75 bits per heavy atom. The maximum absolute atomic E-state index is 11.8. The molecule has 1 fully saturated rings. The van der Waals surface area contributed by atoms with Gasteiger partial charge in [0, 0.05) is 6.42 Å². The SMILES string of the molecule is CC(C)(C)[N@@+]1(C(=O)O)CC1(Cc1ccccc1)C(=O)O. The average Bonchev–Trinajstić information content (AvgIpc) is 3.02. The van der Waals surface area contributed by atoms with E-state index < -0.39 is 27.6 Å². The maximum atomic E-state index is 11.8. The summed E-state index contributed by atoms with van der Waals surface area (Å²) in [6, 6.07) is 9.19. The monoisotopic (exact) mass is 278 g/mol. The number of quaternary nitrogens is 1. The predicted octanol–water partition coefficient (Wildman–Crippen LogP) is 2.36. The number of nitrogens with zero attached hydrogens (tertiary/aromatic N) is 1. The van der Waals surface area contributed by atoms with Crippen molar-refractivity contribution in [3.8, 4) is 0 Å². The number of carbonyl (C=O) groups is 2. The first-order valence-corrected chi connectivity index (χ1v) is 6.56. The summed E-state index contributed by atoms with van der Waals surface area (Å²) in [5.41, 5.74) is -1.09. The van der Waals surface area contributed by atoms with Gasteiger partial charge in [0.1, 0.15) is 5.54 Å². The van der Waals surface area contributed by atoms with Gasteiger partial charge in [0.25, 0.3) is 5.54 Å². The van der Waals surface area contributed by atoms with E-state index in [2.05, 4.69) is 0 Å². The van der Waals surface area contributed by atoms with Crippen LogP contribution < -0.4 is 0 Å². The lowest BCUT2D eigenvalue weighted by Gasteiger charge is -2.31. The molecule has 1 aliphatic rings. The van der Waals surface area contributed by atoms with Gasteiger partial charge in [-0.05, 0) is 26.3 Å². The van der Waals surface area contributed by atoms with Crippen LogP contribution in [0.1, 0.15) is 26.3 Å². The molecule has 0 aliphatic carbocycles. The number of hydrogen-bond donors (Lipinski definition) is 2. The minimum Gasteiger partial charge on any atom is -0.476 e. The van der Waals surface area contributed by atoms with E-state index >= 15 is 0 Å². The summed E-state index contributed by atoms with van der Waals surface area (Å²) in [7, 11) is 0. The summed E-state index contributed by atoms with van der Waals surface area (Å²) in [6.45, 7) is 5.44. The lowest BCUT2D eigenvalue weighted by Crippen LogP contribution is -2.56. The van der Waals surface area contributed by atoms with Crippen LogP contribution in [0.25, 0.3) is 0 Å². The maximum Gasteiger partial charge on any atom is 0.515 e. The van der Waals surface area contributed by atoms with Crippen molar-refractivity contribution in [2.75, 3.05) is 6.54 Å². The normalized spacial score (nSPS) is 28.9. The van der Waals surface area contributed by atoms with E-state index in [1.54, 1.807) is 20.8 Å². The number of hydrogen-bond acceptors (Lipinski definition) is 2. The highest BCUT2D eigenvalue weighted by Gasteiger charge is 2.83. The number of carboxylic acid groups (broad SMARTS) is 2. The molecule has 20 heavy (non-hydrogen) atoms. The molecule has 2 atom stereocenters. The van der Waals surface area contributed by atoms with Crippen LogP contribution >= 0.6 is 0 Å². The first kappa shape index (κ1) is 14.5. The van der Waals surface area contributed by atoms with Crippen LogP contribution in [0.4, 0.5) is 4.79 Å². The molecule has 1 saturated heterocycles. The van der Waals surface area contributed by atoms with Crippen molar-refractivity contribution in [3.63, 3.8) is 0 Å². The van der Waals surface area contributed by atoms with Crippen molar-refractivity contribution < 1.29 is 24.3 Å². The number of rotatable bonds is 3. The fourth-order valence-electron chi connectivity index (χ4n) is 3.20. The van der Waals surface area contributed by atoms with Crippen LogP contribution in [0.2, 0.25) is 0 Å². The summed E-state index contributed by atoms with van der Waals surface area (Å²) in [4.78, 5) is 23.5. The molecule has 5 heteroatoms. The number of amides is 1. The van der Waals surface area contributed by atoms with Gasteiger partial charge in [-0.25, -0.2) is 4.79 Å². The van der Waals surface area contributed by atoms with Gasteiger partial charge < -0.3 is 10.2 Å². The number of carboxylic acids is 1. The largest absolute Gasteiger partial charge is 0.515 e. The van der Waals surface area contributed by atoms with Crippen molar-refractivity contribution in [3.05, 3.63) is 35.9 Å². The molecule has 1 aliphatic heterocycles. The predicted molar refractivity (Wildman–Crippen MR) is 73.4 cm³/mol. The second kappa shape index (κ2) is 4.31. The van der Waals surface area contributed by atoms with Gasteiger partial charge in [0.2, 0.25) is 0 Å². The molecule has 1 aromatic carbocycles. The lowest BCUT2D eigenvalue weighted by atomic mass is 9.96. The average molecular weight is 278 g/mol. The van der Waals surface area contributed by atoms with E-state index in [0.717, 1.165) is 5.56 Å². The van der Waals surface area contributed by atoms with E-state index in [1.807, 2.05) is 30.3 Å². The van der Waals surface area contributed by atoms with Crippen LogP contribution in [0, 0.1) is 0 Å². The zero-order valence-corrected chi connectivity index (χ0v) is 12.0. The fourth-order valence-corrected chi connectivity index (χ4v) is 3.20. The quantitative estimate of drug-likeness (QED) is 0.657. The van der Waals surface area contributed by atoms with Crippen molar-refractivity contribution >= 4 is 12.1 Å². The van der Waals surface area contributed by atoms with Gasteiger partial charge in [-0.15, -0.1) is 0 Å². The minimum absolute atomic E-state index is 0.121. The second-order valence-electron chi connectivity index (χ2n) is 6.42. The Kier molecular flexibility index (Phi) is 3.13. The first-order valence-electron chi connectivity index (χ1n) is 6.56. The Morgan fingerprint density at radius 3 is 2.10 bits per heavy atom. The Hall–Kier alpha value is -1.88. The fraction of sp³-hybridized carbons (Fsp3) is 0.467. The lowest BCUT2D eigenvalue weighted by molar-refractivity contribution is -0.801. The zero-order valence-electron chi connectivity index (χ0n) is 12.0. The van der Waals surface area contributed by atoms with Gasteiger partial charge in [-0.2, -0.15) is 9.28 Å². The molecule has 1 aromatic rings. The van der Waals surface area contributed by atoms with Crippen LogP contribution in [-0.2, 0) is 11.2 Å². The third kappa shape index (κ3) is 1.81. The van der Waals surface area contributed by atoms with Crippen molar-refractivity contribution in [2.45, 2.75) is 38.3 Å². The molecule has 0 aromatic heterocycles. The van der Waals surface area contributed by atoms with E-state index in [0.29, 0.717) is 0 Å². The highest BCUT2D eigenvalue weighted by atomic mass is 16.4. The van der Waals surface area contributed by atoms with Gasteiger partial charge in [-0.1, -0.05) is 30.3 Å². The van der Waals surface area contributed by atoms with Gasteiger partial charge in [0.05, 0.1) is 0 Å². The zero-order chi connectivity index (χ0) is 15.2. The number of aliphatic carboxylic acids is 1. The highest BCUT2D eigenvalue weighted by Crippen LogP contribution is 2.52. The summed E-state index contributed by atoms with van der Waals surface area (Å²) >= 11 is 0. The second-order valence-corrected chi connectivity index (χ2v) is 6.42. The molecule has 2 N–H and O–H groups in total. The topological polar surface area (TPSA) is 74.6 Å². The summed E-state index contributed by atoms with van der Waals surface area (Å²) in [6.07, 6.45) is -0.844. The molecule has 0 radical (unpaired) electrons. The van der Waals surface area contributed by atoms with Gasteiger partial charge in [0.15, 0.2) is 6.54 Å². The van der Waals surface area contributed by atoms with Gasteiger partial charge in [-0.3, -0.25) is 0 Å². The molecule has 0 bridgehead atoms. The summed E-state index contributed by atoms with van der Waals surface area (Å²) in [5.74, 6) is -1.04. The van der Waals surface area contributed by atoms with E-state index in [9.17, 15) is 19.8 Å². The van der Waals surface area contributed by atoms with Crippen LogP contribution in [0.5, 0.6) is 0 Å². The standard InChI is InChI=1S/C15H19NO4/c1-14(2,3)16(13(19)20)10-15(16,12(17)18)9-11-7-5-4-6-8-11/h4-8H,9-10H2,1-3H3,(H-,17,18,19,20)/p+1/t15?,16-/m0/s1. The van der Waals surface area contributed by atoms with Gasteiger partial charge >= 0.3 is 12.1 Å². The summed E-state index contributed by atoms with van der Waals surface area (Å²) < 4.78 is -0.426. The Morgan fingerprint density at radius 1 is 1.20 bits per heavy atom. The Bertz CT molecular complexity index is 549. The Labute approximate surface area is 118 Å². The van der Waals surface area contributed by atoms with E-state index in [4.69, 9.17) is 0 Å². The first-order chi connectivity index (χ1) is 9.17. The smallest absolute Gasteiger partial charge is 0.476 e. The molecule has 108 valence electrons. The third-order valence-corrected chi connectivity index (χ3v) is 4.34. The molecule has 0 saturated carbocycles. The van der Waals surface area contributed by atoms with Crippen LogP contribution in [-0.4, -0.2) is 44.4 Å². The molecular weight excluding hydrogens is 258 g/mol. The molecule has 1 heterocycles. The van der Waals surface area contributed by atoms with E-state index in [-0.39, 0.29) is 13.0 Å².